The highest BCUT2D eigenvalue weighted by Gasteiger charge is 2.09. The van der Waals surface area contributed by atoms with Gasteiger partial charge in [0, 0.05) is 5.57 Å². The van der Waals surface area contributed by atoms with Gasteiger partial charge in [-0.2, -0.15) is 4.99 Å². The van der Waals surface area contributed by atoms with Crippen LogP contribution in [0.5, 0.6) is 0 Å². The van der Waals surface area contributed by atoms with Gasteiger partial charge in [0.1, 0.15) is 0 Å². The molecule has 55 valence electrons. The van der Waals surface area contributed by atoms with Gasteiger partial charge in [-0.15, -0.1) is 0 Å². The van der Waals surface area contributed by atoms with E-state index >= 15 is 0 Å². The van der Waals surface area contributed by atoms with Crippen molar-refractivity contribution in [2.24, 2.45) is 4.99 Å². The van der Waals surface area contributed by atoms with E-state index in [9.17, 15) is 0 Å². The summed E-state index contributed by atoms with van der Waals surface area (Å²) in [5, 5.41) is 11.8. The summed E-state index contributed by atoms with van der Waals surface area (Å²) in [6.07, 6.45) is 0. The van der Waals surface area contributed by atoms with Crippen LogP contribution in [-0.2, 0) is 4.74 Å². The first-order valence-corrected chi connectivity index (χ1v) is 2.86. The Kier molecular flexibility index (Phi) is 1.80. The van der Waals surface area contributed by atoms with Gasteiger partial charge in [0.15, 0.2) is 0 Å². The summed E-state index contributed by atoms with van der Waals surface area (Å²) >= 11 is 0. The lowest BCUT2D eigenvalue weighted by Crippen LogP contribution is -2.26. The van der Waals surface area contributed by atoms with E-state index < -0.39 is 0 Å². The van der Waals surface area contributed by atoms with Crippen LogP contribution in [0.1, 0.15) is 6.92 Å². The first kappa shape index (κ1) is 6.92. The van der Waals surface area contributed by atoms with Crippen LogP contribution in [0.4, 0.5) is 0 Å². The molecule has 0 aliphatic carbocycles. The summed E-state index contributed by atoms with van der Waals surface area (Å²) in [4.78, 5) is 3.67. The molecular formula is C6H9N2O2. The summed E-state index contributed by atoms with van der Waals surface area (Å²) in [5.74, 6) is -0.00407. The molecule has 0 spiro atoms. The molecule has 0 saturated heterocycles. The summed E-state index contributed by atoms with van der Waals surface area (Å²) in [7, 11) is 1.48. The maximum Gasteiger partial charge on any atom is 0.292 e. The number of aliphatic hydroxyl groups is 1. The van der Waals surface area contributed by atoms with Crippen molar-refractivity contribution in [1.29, 1.82) is 0 Å². The molecule has 0 unspecified atom stereocenters. The van der Waals surface area contributed by atoms with Gasteiger partial charge in [-0.1, -0.05) is 0 Å². The molecular weight excluding hydrogens is 132 g/mol. The molecule has 1 rings (SSSR count). The predicted octanol–water partition coefficient (Wildman–Crippen LogP) is 0.543. The fourth-order valence-corrected chi connectivity index (χ4v) is 0.556. The molecule has 4 nitrogen and oxygen atoms in total. The predicted molar refractivity (Wildman–Crippen MR) is 37.2 cm³/mol. The number of amidine groups is 1. The van der Waals surface area contributed by atoms with Crippen LogP contribution < -0.4 is 5.32 Å². The van der Waals surface area contributed by atoms with Crippen LogP contribution in [0.25, 0.3) is 0 Å². The van der Waals surface area contributed by atoms with Crippen molar-refractivity contribution in [1.82, 2.24) is 5.32 Å². The Morgan fingerprint density at radius 1 is 1.70 bits per heavy atom. The zero-order chi connectivity index (χ0) is 7.56. The van der Waals surface area contributed by atoms with Crippen LogP contribution in [0.3, 0.4) is 0 Å². The van der Waals surface area contributed by atoms with Crippen LogP contribution in [0.2, 0.25) is 0 Å². The van der Waals surface area contributed by atoms with Gasteiger partial charge in [0.25, 0.3) is 6.02 Å². The first-order chi connectivity index (χ1) is 4.74. The maximum atomic E-state index is 9.02. The van der Waals surface area contributed by atoms with Crippen molar-refractivity contribution >= 4 is 6.02 Å². The Balaban J connectivity index is 2.76. The van der Waals surface area contributed by atoms with Crippen LogP contribution >= 0.6 is 0 Å². The highest BCUT2D eigenvalue weighted by molar-refractivity contribution is 5.76. The molecule has 0 atom stereocenters. The van der Waals surface area contributed by atoms with E-state index in [1.54, 1.807) is 13.5 Å². The van der Waals surface area contributed by atoms with Crippen molar-refractivity contribution in [3.63, 3.8) is 0 Å². The smallest absolute Gasteiger partial charge is 0.292 e. The van der Waals surface area contributed by atoms with Gasteiger partial charge in [0.2, 0.25) is 5.88 Å². The largest absolute Gasteiger partial charge is 0.493 e. The molecule has 2 N–H and O–H groups in total. The molecule has 0 aromatic heterocycles. The molecule has 0 bridgehead atoms. The average Bonchev–Trinajstić information content (AvgIpc) is 1.95. The van der Waals surface area contributed by atoms with Gasteiger partial charge in [-0.05, 0) is 6.92 Å². The number of nitrogens with zero attached hydrogens (tertiary/aromatic N) is 1. The number of aliphatic imine (C=N–C) groups is 1. The van der Waals surface area contributed by atoms with Gasteiger partial charge >= 0.3 is 0 Å². The van der Waals surface area contributed by atoms with Gasteiger partial charge in [-0.3, -0.25) is 0 Å². The highest BCUT2D eigenvalue weighted by Crippen LogP contribution is 2.08. The Labute approximate surface area is 59.2 Å². The molecule has 1 heterocycles. The second-order valence-corrected chi connectivity index (χ2v) is 1.92. The van der Waals surface area contributed by atoms with E-state index in [4.69, 9.17) is 9.84 Å². The van der Waals surface area contributed by atoms with E-state index in [1.807, 2.05) is 0 Å². The minimum absolute atomic E-state index is 0.00407. The lowest BCUT2D eigenvalue weighted by atomic mass is 10.3. The minimum Gasteiger partial charge on any atom is -0.493 e. The summed E-state index contributed by atoms with van der Waals surface area (Å²) in [5.41, 5.74) is 0.695. The number of hydrogen-bond donors (Lipinski definition) is 2. The summed E-state index contributed by atoms with van der Waals surface area (Å²) in [6, 6.07) is 0.308. The number of ether oxygens (including phenoxy) is 1. The van der Waals surface area contributed by atoms with E-state index in [1.165, 1.54) is 7.11 Å². The molecule has 4 heteroatoms. The van der Waals surface area contributed by atoms with E-state index in [2.05, 4.69) is 10.3 Å². The van der Waals surface area contributed by atoms with Gasteiger partial charge < -0.3 is 15.2 Å². The first-order valence-electron chi connectivity index (χ1n) is 2.86. The van der Waals surface area contributed by atoms with Crippen molar-refractivity contribution in [2.45, 2.75) is 6.92 Å². The van der Waals surface area contributed by atoms with Crippen molar-refractivity contribution < 1.29 is 9.84 Å². The average molecular weight is 141 g/mol. The van der Waals surface area contributed by atoms with E-state index in [0.29, 0.717) is 11.6 Å². The standard InChI is InChI=1S/C6H9N2O2/c1-4-3-7-6(10-2)8-5(4)9/h3,9H,1-2H3,(H,7,8). The molecule has 1 radical (unpaired) electrons. The minimum atomic E-state index is -0.00407. The summed E-state index contributed by atoms with van der Waals surface area (Å²) < 4.78 is 4.72. The zero-order valence-electron chi connectivity index (χ0n) is 5.88. The number of aliphatic hydroxyl groups excluding tert-OH is 1. The monoisotopic (exact) mass is 141 g/mol. The quantitative estimate of drug-likeness (QED) is 0.517. The Hall–Kier alpha value is -1.19. The van der Waals surface area contributed by atoms with Crippen LogP contribution in [0.15, 0.2) is 16.4 Å². The Bertz CT molecular complexity index is 196. The molecule has 0 amide bonds. The third-order valence-corrected chi connectivity index (χ3v) is 1.17. The number of rotatable bonds is 0. The normalized spacial score (nSPS) is 18.0. The topological polar surface area (TPSA) is 53.9 Å². The summed E-state index contributed by atoms with van der Waals surface area (Å²) in [6.45, 7) is 3.37. The molecule has 1 aliphatic heterocycles. The molecule has 1 aliphatic rings. The molecule has 0 saturated carbocycles. The second kappa shape index (κ2) is 2.60. The third-order valence-electron chi connectivity index (χ3n) is 1.17. The number of methoxy groups -OCH3 is 1. The fourth-order valence-electron chi connectivity index (χ4n) is 0.556. The van der Waals surface area contributed by atoms with E-state index in [0.717, 1.165) is 0 Å². The molecule has 0 fully saturated rings. The SMILES string of the molecule is COC1=NC(O)=C(C)[CH]N1. The fraction of sp³-hybridized carbons (Fsp3) is 0.333. The third kappa shape index (κ3) is 1.21. The lowest BCUT2D eigenvalue weighted by Gasteiger charge is -2.12. The highest BCUT2D eigenvalue weighted by atomic mass is 16.5. The van der Waals surface area contributed by atoms with Crippen molar-refractivity contribution in [3.8, 4) is 0 Å². The number of hydrogen-bond acceptors (Lipinski definition) is 4. The molecule has 10 heavy (non-hydrogen) atoms. The van der Waals surface area contributed by atoms with E-state index in [-0.39, 0.29) is 5.88 Å². The van der Waals surface area contributed by atoms with Crippen molar-refractivity contribution in [3.05, 3.63) is 18.0 Å². The van der Waals surface area contributed by atoms with Crippen LogP contribution in [0, 0.1) is 6.54 Å². The van der Waals surface area contributed by atoms with Crippen LogP contribution in [-0.4, -0.2) is 18.2 Å². The van der Waals surface area contributed by atoms with Gasteiger partial charge in [0.05, 0.1) is 13.7 Å². The Morgan fingerprint density at radius 3 is 2.90 bits per heavy atom. The molecule has 0 aromatic rings. The second-order valence-electron chi connectivity index (χ2n) is 1.92. The maximum absolute atomic E-state index is 9.02. The Morgan fingerprint density at radius 2 is 2.40 bits per heavy atom. The van der Waals surface area contributed by atoms with Crippen molar-refractivity contribution in [2.75, 3.05) is 7.11 Å². The zero-order valence-corrected chi connectivity index (χ0v) is 5.88. The lowest BCUT2D eigenvalue weighted by molar-refractivity contribution is 0.355. The number of nitrogens with one attached hydrogen (secondary N) is 1. The molecule has 0 aromatic carbocycles. The van der Waals surface area contributed by atoms with Gasteiger partial charge in [-0.25, -0.2) is 0 Å².